The first-order valence-corrected chi connectivity index (χ1v) is 6.26. The number of carboxylic acids is 1. The third kappa shape index (κ3) is 2.64. The van der Waals surface area contributed by atoms with Crippen LogP contribution in [-0.4, -0.2) is 24.2 Å². The average Bonchev–Trinajstić information content (AvgIpc) is 2.64. The van der Waals surface area contributed by atoms with E-state index in [4.69, 9.17) is 15.6 Å². The maximum absolute atomic E-state index is 10.5. The minimum Gasteiger partial charge on any atom is -0.497 e. The second-order valence-corrected chi connectivity index (χ2v) is 4.83. The smallest absolute Gasteiger partial charge is 0.303 e. The van der Waals surface area contributed by atoms with Gasteiger partial charge >= 0.3 is 5.97 Å². The van der Waals surface area contributed by atoms with Gasteiger partial charge in [-0.2, -0.15) is 0 Å². The number of nitrogens with two attached hydrogens (primary N) is 1. The van der Waals surface area contributed by atoms with Gasteiger partial charge in [0, 0.05) is 12.5 Å². The molecule has 98 valence electrons. The van der Waals surface area contributed by atoms with E-state index in [1.807, 2.05) is 12.1 Å². The van der Waals surface area contributed by atoms with Crippen LogP contribution in [0.15, 0.2) is 18.2 Å². The maximum atomic E-state index is 10.5. The van der Waals surface area contributed by atoms with Crippen molar-refractivity contribution in [2.24, 2.45) is 5.73 Å². The first kappa shape index (κ1) is 12.9. The van der Waals surface area contributed by atoms with Crippen molar-refractivity contribution >= 4 is 5.97 Å². The van der Waals surface area contributed by atoms with Crippen molar-refractivity contribution in [2.45, 2.75) is 37.6 Å². The third-order valence-corrected chi connectivity index (χ3v) is 3.63. The minimum atomic E-state index is -0.743. The summed E-state index contributed by atoms with van der Waals surface area (Å²) >= 11 is 0. The lowest BCUT2D eigenvalue weighted by molar-refractivity contribution is -0.137. The molecule has 3 N–H and O–H groups in total. The van der Waals surface area contributed by atoms with Crippen molar-refractivity contribution in [3.63, 3.8) is 0 Å². The predicted octanol–water partition coefficient (Wildman–Crippen LogP) is 1.92. The van der Waals surface area contributed by atoms with Gasteiger partial charge in [-0.05, 0) is 48.4 Å². The second-order valence-electron chi connectivity index (χ2n) is 4.83. The van der Waals surface area contributed by atoms with Gasteiger partial charge in [0.15, 0.2) is 0 Å². The fourth-order valence-corrected chi connectivity index (χ4v) is 2.70. The van der Waals surface area contributed by atoms with E-state index in [0.717, 1.165) is 18.6 Å². The van der Waals surface area contributed by atoms with E-state index in [0.29, 0.717) is 6.42 Å². The van der Waals surface area contributed by atoms with E-state index in [2.05, 4.69) is 6.07 Å². The Morgan fingerprint density at radius 1 is 1.56 bits per heavy atom. The van der Waals surface area contributed by atoms with Gasteiger partial charge in [-0.3, -0.25) is 4.79 Å². The molecule has 2 rings (SSSR count). The van der Waals surface area contributed by atoms with Gasteiger partial charge in [0.1, 0.15) is 5.75 Å². The molecular formula is C14H19NO3. The molecule has 0 fully saturated rings. The van der Waals surface area contributed by atoms with Gasteiger partial charge in [0.25, 0.3) is 0 Å². The van der Waals surface area contributed by atoms with Crippen molar-refractivity contribution in [1.29, 1.82) is 0 Å². The molecule has 1 aromatic rings. The quantitative estimate of drug-likeness (QED) is 0.836. The Labute approximate surface area is 107 Å². The molecule has 4 heteroatoms. The summed E-state index contributed by atoms with van der Waals surface area (Å²) in [5, 5.41) is 8.68. The Morgan fingerprint density at radius 2 is 2.33 bits per heavy atom. The molecular weight excluding hydrogens is 230 g/mol. The Balaban J connectivity index is 2.10. The van der Waals surface area contributed by atoms with E-state index in [1.165, 1.54) is 11.1 Å². The summed E-state index contributed by atoms with van der Waals surface area (Å²) in [6.45, 7) is 0. The summed E-state index contributed by atoms with van der Waals surface area (Å²) < 4.78 is 5.23. The van der Waals surface area contributed by atoms with E-state index in [-0.39, 0.29) is 18.4 Å². The number of fused-ring (bicyclic) bond motifs is 1. The van der Waals surface area contributed by atoms with Crippen molar-refractivity contribution < 1.29 is 14.6 Å². The molecule has 4 nitrogen and oxygen atoms in total. The van der Waals surface area contributed by atoms with Crippen LogP contribution in [0.5, 0.6) is 5.75 Å². The Kier molecular flexibility index (Phi) is 3.87. The molecule has 1 aliphatic rings. The van der Waals surface area contributed by atoms with Gasteiger partial charge in [-0.1, -0.05) is 6.07 Å². The number of benzene rings is 1. The molecule has 0 radical (unpaired) electrons. The van der Waals surface area contributed by atoms with Crippen LogP contribution in [0.2, 0.25) is 0 Å². The van der Waals surface area contributed by atoms with Gasteiger partial charge in [0.2, 0.25) is 0 Å². The summed E-state index contributed by atoms with van der Waals surface area (Å²) in [6, 6.07) is 6.14. The largest absolute Gasteiger partial charge is 0.497 e. The average molecular weight is 249 g/mol. The van der Waals surface area contributed by atoms with E-state index < -0.39 is 5.97 Å². The highest BCUT2D eigenvalue weighted by Gasteiger charge is 2.29. The fraction of sp³-hybridized carbons (Fsp3) is 0.500. The van der Waals surface area contributed by atoms with E-state index in [1.54, 1.807) is 7.11 Å². The predicted molar refractivity (Wildman–Crippen MR) is 68.9 cm³/mol. The zero-order valence-corrected chi connectivity index (χ0v) is 10.6. The highest BCUT2D eigenvalue weighted by molar-refractivity contribution is 5.66. The number of rotatable bonds is 5. The number of methoxy groups -OCH3 is 1. The number of carbonyl (C=O) groups is 1. The lowest BCUT2D eigenvalue weighted by Crippen LogP contribution is -2.25. The van der Waals surface area contributed by atoms with Crippen molar-refractivity contribution in [2.75, 3.05) is 7.11 Å². The maximum Gasteiger partial charge on any atom is 0.303 e. The van der Waals surface area contributed by atoms with Gasteiger partial charge < -0.3 is 15.6 Å². The van der Waals surface area contributed by atoms with Crippen LogP contribution in [-0.2, 0) is 11.2 Å². The van der Waals surface area contributed by atoms with Gasteiger partial charge in [-0.15, -0.1) is 0 Å². The SMILES string of the molecule is COc1ccc2c(c1)C(CCCC(=O)O)C(N)C2. The van der Waals surface area contributed by atoms with Crippen molar-refractivity contribution in [3.8, 4) is 5.75 Å². The summed E-state index contributed by atoms with van der Waals surface area (Å²) in [4.78, 5) is 10.5. The first-order valence-electron chi connectivity index (χ1n) is 6.26. The topological polar surface area (TPSA) is 72.5 Å². The highest BCUT2D eigenvalue weighted by Crippen LogP contribution is 2.37. The standard InChI is InChI=1S/C14H19NO3/c1-18-10-6-5-9-7-13(15)11(12(9)8-10)3-2-4-14(16)17/h5-6,8,11,13H,2-4,7,15H2,1H3,(H,16,17). The van der Waals surface area contributed by atoms with Gasteiger partial charge in [0.05, 0.1) is 7.11 Å². The molecule has 0 spiro atoms. The molecule has 2 atom stereocenters. The zero-order valence-electron chi connectivity index (χ0n) is 10.6. The third-order valence-electron chi connectivity index (χ3n) is 3.63. The number of hydrogen-bond acceptors (Lipinski definition) is 3. The molecule has 0 saturated heterocycles. The monoisotopic (exact) mass is 249 g/mol. The number of ether oxygens (including phenoxy) is 1. The van der Waals surface area contributed by atoms with Crippen LogP contribution in [0, 0.1) is 0 Å². The number of hydrogen-bond donors (Lipinski definition) is 2. The van der Waals surface area contributed by atoms with Gasteiger partial charge in [-0.25, -0.2) is 0 Å². The summed E-state index contributed by atoms with van der Waals surface area (Å²) in [5.74, 6) is 0.355. The van der Waals surface area contributed by atoms with Crippen LogP contribution in [0.25, 0.3) is 0 Å². The molecule has 1 aromatic carbocycles. The lowest BCUT2D eigenvalue weighted by Gasteiger charge is -2.16. The number of carboxylic acid groups (broad SMARTS) is 1. The Morgan fingerprint density at radius 3 is 3.00 bits per heavy atom. The summed E-state index contributed by atoms with van der Waals surface area (Å²) in [5.41, 5.74) is 8.65. The van der Waals surface area contributed by atoms with E-state index in [9.17, 15) is 4.79 Å². The van der Waals surface area contributed by atoms with E-state index >= 15 is 0 Å². The van der Waals surface area contributed by atoms with Crippen molar-refractivity contribution in [1.82, 2.24) is 0 Å². The molecule has 18 heavy (non-hydrogen) atoms. The van der Waals surface area contributed by atoms with Crippen LogP contribution in [0.3, 0.4) is 0 Å². The molecule has 2 unspecified atom stereocenters. The number of aliphatic carboxylic acids is 1. The summed E-state index contributed by atoms with van der Waals surface area (Å²) in [7, 11) is 1.65. The fourth-order valence-electron chi connectivity index (χ4n) is 2.70. The second kappa shape index (κ2) is 5.40. The van der Waals surface area contributed by atoms with Crippen LogP contribution < -0.4 is 10.5 Å². The molecule has 0 amide bonds. The first-order chi connectivity index (χ1) is 8.61. The zero-order chi connectivity index (χ0) is 13.1. The normalized spacial score (nSPS) is 21.7. The lowest BCUT2D eigenvalue weighted by atomic mass is 9.93. The molecule has 0 saturated carbocycles. The van der Waals surface area contributed by atoms with Crippen LogP contribution in [0.4, 0.5) is 0 Å². The Bertz CT molecular complexity index is 445. The highest BCUT2D eigenvalue weighted by atomic mass is 16.5. The molecule has 0 aromatic heterocycles. The minimum absolute atomic E-state index is 0.0981. The Hall–Kier alpha value is -1.55. The summed E-state index contributed by atoms with van der Waals surface area (Å²) in [6.07, 6.45) is 2.58. The van der Waals surface area contributed by atoms with Crippen molar-refractivity contribution in [3.05, 3.63) is 29.3 Å². The van der Waals surface area contributed by atoms with Crippen LogP contribution in [0.1, 0.15) is 36.3 Å². The molecule has 0 bridgehead atoms. The van der Waals surface area contributed by atoms with Crippen LogP contribution >= 0.6 is 0 Å². The molecule has 1 aliphatic carbocycles. The molecule has 0 aliphatic heterocycles. The molecule has 0 heterocycles.